The highest BCUT2D eigenvalue weighted by Crippen LogP contribution is 2.28. The van der Waals surface area contributed by atoms with Crippen molar-refractivity contribution in [2.45, 2.75) is 52.1 Å². The number of rotatable bonds is 7. The lowest BCUT2D eigenvalue weighted by Crippen LogP contribution is -2.40. The number of fused-ring (bicyclic) bond motifs is 1. The predicted octanol–water partition coefficient (Wildman–Crippen LogP) is 4.44. The van der Waals surface area contributed by atoms with Crippen LogP contribution in [0, 0.1) is 12.8 Å². The minimum atomic E-state index is -0.763. The summed E-state index contributed by atoms with van der Waals surface area (Å²) in [5.74, 6) is -1.39. The molecule has 0 unspecified atom stereocenters. The lowest BCUT2D eigenvalue weighted by Gasteiger charge is -2.27. The Morgan fingerprint density at radius 2 is 1.91 bits per heavy atom. The van der Waals surface area contributed by atoms with Gasteiger partial charge in [0.1, 0.15) is 12.2 Å². The molecule has 33 heavy (non-hydrogen) atoms. The molecule has 1 saturated carbocycles. The van der Waals surface area contributed by atoms with Crippen molar-refractivity contribution in [2.24, 2.45) is 5.92 Å². The molecule has 0 spiro atoms. The van der Waals surface area contributed by atoms with E-state index in [-0.39, 0.29) is 30.3 Å². The highest BCUT2D eigenvalue weighted by molar-refractivity contribution is 7.17. The lowest BCUT2D eigenvalue weighted by molar-refractivity contribution is -0.142. The number of carbonyl (C=O) groups is 3. The number of amides is 2. The summed E-state index contributed by atoms with van der Waals surface area (Å²) in [5.41, 5.74) is 3.26. The Balaban J connectivity index is 1.53. The van der Waals surface area contributed by atoms with Crippen LogP contribution in [0.3, 0.4) is 0 Å². The summed E-state index contributed by atoms with van der Waals surface area (Å²) < 4.78 is 2.76. The van der Waals surface area contributed by atoms with Gasteiger partial charge in [0, 0.05) is 18.3 Å². The summed E-state index contributed by atoms with van der Waals surface area (Å²) in [7, 11) is 0. The van der Waals surface area contributed by atoms with Crippen LogP contribution in [0.1, 0.15) is 48.7 Å². The van der Waals surface area contributed by atoms with Crippen molar-refractivity contribution in [1.29, 1.82) is 0 Å². The second-order valence-electron chi connectivity index (χ2n) is 8.62. The number of carbonyl (C=O) groups excluding carboxylic acids is 2. The number of likely N-dealkylation sites (N-methyl/N-ethyl adjacent to an activating group) is 1. The maximum Gasteiger partial charge on any atom is 0.306 e. The number of nitrogens with zero attached hydrogens (tertiary/aromatic N) is 2. The monoisotopic (exact) mass is 467 g/mol. The summed E-state index contributed by atoms with van der Waals surface area (Å²) in [6.07, 6.45) is 2.43. The van der Waals surface area contributed by atoms with Gasteiger partial charge >= 0.3 is 5.97 Å². The van der Waals surface area contributed by atoms with E-state index in [1.807, 2.05) is 55.6 Å². The second-order valence-corrected chi connectivity index (χ2v) is 9.57. The highest BCUT2D eigenvalue weighted by atomic mass is 32.1. The molecule has 0 radical (unpaired) electrons. The number of hydrogen-bond donors (Lipinski definition) is 2. The first-order valence-electron chi connectivity index (χ1n) is 11.3. The molecule has 1 aromatic carbocycles. The number of carboxylic acids is 1. The van der Waals surface area contributed by atoms with E-state index in [2.05, 4.69) is 5.32 Å². The number of aliphatic carboxylic acids is 1. The molecular formula is C25H29N3O4S. The van der Waals surface area contributed by atoms with Gasteiger partial charge in [0.15, 0.2) is 0 Å². The first-order chi connectivity index (χ1) is 15.9. The molecule has 1 aliphatic rings. The lowest BCUT2D eigenvalue weighted by atomic mass is 9.86. The van der Waals surface area contributed by atoms with E-state index in [0.717, 1.165) is 21.5 Å². The molecular weight excluding hydrogens is 438 g/mol. The van der Waals surface area contributed by atoms with E-state index < -0.39 is 5.97 Å². The predicted molar refractivity (Wildman–Crippen MR) is 130 cm³/mol. The summed E-state index contributed by atoms with van der Waals surface area (Å²) in [4.78, 5) is 39.4. The van der Waals surface area contributed by atoms with Gasteiger partial charge in [-0.3, -0.25) is 14.4 Å². The number of thiophene rings is 1. The highest BCUT2D eigenvalue weighted by Gasteiger charge is 2.28. The number of aryl methyl sites for hydroxylation is 1. The molecule has 0 aliphatic heterocycles. The fourth-order valence-corrected chi connectivity index (χ4v) is 5.42. The molecule has 7 nitrogen and oxygen atoms in total. The van der Waals surface area contributed by atoms with Crippen molar-refractivity contribution >= 4 is 45.0 Å². The average Bonchev–Trinajstić information content (AvgIpc) is 3.37. The van der Waals surface area contributed by atoms with Crippen molar-refractivity contribution < 1.29 is 19.5 Å². The molecule has 8 heteroatoms. The minimum absolute atomic E-state index is 0.0513. The second kappa shape index (κ2) is 9.79. The van der Waals surface area contributed by atoms with Crippen molar-refractivity contribution in [1.82, 2.24) is 9.88 Å². The van der Waals surface area contributed by atoms with E-state index in [1.165, 1.54) is 11.3 Å². The quantitative estimate of drug-likeness (QED) is 0.537. The zero-order valence-corrected chi connectivity index (χ0v) is 19.7. The molecule has 0 atom stereocenters. The average molecular weight is 468 g/mol. The molecule has 1 aliphatic carbocycles. The number of benzene rings is 1. The number of aromatic nitrogens is 1. The van der Waals surface area contributed by atoms with Gasteiger partial charge in [-0.1, -0.05) is 12.1 Å². The third kappa shape index (κ3) is 4.95. The maximum absolute atomic E-state index is 13.3. The van der Waals surface area contributed by atoms with Crippen LogP contribution in [-0.4, -0.2) is 40.0 Å². The Bertz CT molecular complexity index is 1170. The Morgan fingerprint density at radius 1 is 1.15 bits per heavy atom. The summed E-state index contributed by atoms with van der Waals surface area (Å²) >= 11 is 1.54. The Labute approximate surface area is 197 Å². The number of carboxylic acid groups (broad SMARTS) is 1. The molecule has 1 fully saturated rings. The third-order valence-electron chi connectivity index (χ3n) is 6.39. The van der Waals surface area contributed by atoms with Crippen molar-refractivity contribution in [2.75, 3.05) is 11.4 Å². The van der Waals surface area contributed by atoms with Gasteiger partial charge in [-0.05, 0) is 74.7 Å². The van der Waals surface area contributed by atoms with E-state index >= 15 is 0 Å². The summed E-state index contributed by atoms with van der Waals surface area (Å²) in [6.45, 7) is 4.54. The Hall–Kier alpha value is -3.13. The van der Waals surface area contributed by atoms with E-state index in [0.29, 0.717) is 37.9 Å². The van der Waals surface area contributed by atoms with Gasteiger partial charge in [0.25, 0.3) is 5.91 Å². The topological polar surface area (TPSA) is 91.6 Å². The van der Waals surface area contributed by atoms with Gasteiger partial charge in [0.05, 0.1) is 16.1 Å². The zero-order chi connectivity index (χ0) is 23.5. The fourth-order valence-electron chi connectivity index (χ4n) is 4.60. The Morgan fingerprint density at radius 3 is 2.58 bits per heavy atom. The molecule has 2 N–H and O–H groups in total. The van der Waals surface area contributed by atoms with Gasteiger partial charge < -0.3 is 19.9 Å². The van der Waals surface area contributed by atoms with Crippen LogP contribution in [-0.2, 0) is 16.1 Å². The van der Waals surface area contributed by atoms with Gasteiger partial charge in [-0.25, -0.2) is 0 Å². The molecule has 2 heterocycles. The molecule has 0 saturated heterocycles. The smallest absolute Gasteiger partial charge is 0.306 e. The summed E-state index contributed by atoms with van der Waals surface area (Å²) in [5, 5.41) is 14.2. The van der Waals surface area contributed by atoms with Crippen LogP contribution in [0.5, 0.6) is 0 Å². The zero-order valence-electron chi connectivity index (χ0n) is 18.9. The van der Waals surface area contributed by atoms with Gasteiger partial charge in [-0.15, -0.1) is 11.3 Å². The molecule has 2 aromatic heterocycles. The van der Waals surface area contributed by atoms with Crippen LogP contribution in [0.2, 0.25) is 0 Å². The number of hydrogen-bond acceptors (Lipinski definition) is 4. The summed E-state index contributed by atoms with van der Waals surface area (Å²) in [6, 6.07) is 11.6. The van der Waals surface area contributed by atoms with Crippen molar-refractivity contribution in [3.05, 3.63) is 53.0 Å². The van der Waals surface area contributed by atoms with Crippen LogP contribution in [0.15, 0.2) is 41.8 Å². The number of anilines is 1. The van der Waals surface area contributed by atoms with Gasteiger partial charge in [0.2, 0.25) is 5.91 Å². The molecule has 0 bridgehead atoms. The molecule has 3 aromatic rings. The molecule has 2 amide bonds. The van der Waals surface area contributed by atoms with Crippen molar-refractivity contribution in [3.63, 3.8) is 0 Å². The van der Waals surface area contributed by atoms with Gasteiger partial charge in [-0.2, -0.15) is 0 Å². The van der Waals surface area contributed by atoms with E-state index in [4.69, 9.17) is 0 Å². The standard InChI is InChI=1S/C25H29N3O4S/c1-3-27(19-6-4-5-16(2)13-19)23(29)15-28-20-11-12-33-22(20)14-21(28)24(30)26-18-9-7-17(8-10-18)25(31)32/h4-6,11-14,17-18H,3,7-10,15H2,1-2H3,(H,26,30)(H,31,32)/t17-,18-. The van der Waals surface area contributed by atoms with E-state index in [1.54, 1.807) is 9.47 Å². The SMILES string of the molecule is CCN(C(=O)Cn1c(C(=O)N[C@H]2CC[C@H](C(=O)O)CC2)cc2sccc21)c1cccc(C)c1. The normalized spacial score (nSPS) is 18.2. The van der Waals surface area contributed by atoms with Crippen LogP contribution in [0.4, 0.5) is 5.69 Å². The van der Waals surface area contributed by atoms with E-state index in [9.17, 15) is 19.5 Å². The maximum atomic E-state index is 13.3. The number of nitrogens with one attached hydrogen (secondary N) is 1. The minimum Gasteiger partial charge on any atom is -0.481 e. The molecule has 4 rings (SSSR count). The molecule has 174 valence electrons. The van der Waals surface area contributed by atoms with Crippen LogP contribution < -0.4 is 10.2 Å². The Kier molecular flexibility index (Phi) is 6.83. The van der Waals surface area contributed by atoms with Crippen molar-refractivity contribution in [3.8, 4) is 0 Å². The fraction of sp³-hybridized carbons (Fsp3) is 0.400. The van der Waals surface area contributed by atoms with Crippen LogP contribution in [0.25, 0.3) is 10.2 Å². The third-order valence-corrected chi connectivity index (χ3v) is 7.24. The first-order valence-corrected chi connectivity index (χ1v) is 12.2. The largest absolute Gasteiger partial charge is 0.481 e. The van der Waals surface area contributed by atoms with Crippen LogP contribution >= 0.6 is 11.3 Å². The first kappa shape index (κ1) is 23.0.